The molecule has 1 rings (SSSR count). The Bertz CT molecular complexity index is 302. The minimum atomic E-state index is 0.196. The molecule has 0 fully saturated rings. The predicted molar refractivity (Wildman–Crippen MR) is 82.4 cm³/mol. The van der Waals surface area contributed by atoms with Crippen LogP contribution in [-0.2, 0) is 6.42 Å². The quantitative estimate of drug-likeness (QED) is 0.364. The molecule has 0 aliphatic rings. The lowest BCUT2D eigenvalue weighted by atomic mass is 10.0. The lowest BCUT2D eigenvalue weighted by Gasteiger charge is -2.10. The first-order chi connectivity index (χ1) is 8.77. The Kier molecular flexibility index (Phi) is 8.17. The van der Waals surface area contributed by atoms with Crippen LogP contribution in [0.15, 0.2) is 24.3 Å². The van der Waals surface area contributed by atoms with Crippen molar-refractivity contribution >= 4 is 11.6 Å². The number of benzene rings is 1. The van der Waals surface area contributed by atoms with Gasteiger partial charge in [-0.15, -0.1) is 11.6 Å². The Morgan fingerprint density at radius 1 is 0.889 bits per heavy atom. The molecule has 102 valence electrons. The molecule has 1 aromatic carbocycles. The molecule has 1 atom stereocenters. The van der Waals surface area contributed by atoms with Gasteiger partial charge in [0.1, 0.15) is 0 Å². The molecule has 0 aromatic heterocycles. The smallest absolute Gasteiger partial charge is 0.0585 e. The van der Waals surface area contributed by atoms with Crippen LogP contribution < -0.4 is 0 Å². The van der Waals surface area contributed by atoms with Crippen LogP contribution in [0.3, 0.4) is 0 Å². The van der Waals surface area contributed by atoms with Gasteiger partial charge in [-0.3, -0.25) is 0 Å². The van der Waals surface area contributed by atoms with Crippen LogP contribution in [0.1, 0.15) is 75.3 Å². The molecule has 1 unspecified atom stereocenters. The fourth-order valence-electron chi connectivity index (χ4n) is 2.19. The highest BCUT2D eigenvalue weighted by atomic mass is 35.5. The average Bonchev–Trinajstić information content (AvgIpc) is 2.41. The van der Waals surface area contributed by atoms with Gasteiger partial charge < -0.3 is 0 Å². The molecule has 0 heterocycles. The first-order valence-corrected chi connectivity index (χ1v) is 7.94. The SMILES string of the molecule is CCCCCCC(Cl)c1ccc(CCCC)cc1. The van der Waals surface area contributed by atoms with Crippen molar-refractivity contribution in [3.8, 4) is 0 Å². The number of halogens is 1. The van der Waals surface area contributed by atoms with Crippen molar-refractivity contribution in [3.63, 3.8) is 0 Å². The van der Waals surface area contributed by atoms with E-state index in [9.17, 15) is 0 Å². The van der Waals surface area contributed by atoms with Crippen LogP contribution in [0, 0.1) is 0 Å². The van der Waals surface area contributed by atoms with Gasteiger partial charge in [-0.1, -0.05) is 70.2 Å². The summed E-state index contributed by atoms with van der Waals surface area (Å²) in [6, 6.07) is 8.91. The molecule has 0 aliphatic heterocycles. The average molecular weight is 267 g/mol. The summed E-state index contributed by atoms with van der Waals surface area (Å²) in [4.78, 5) is 0. The van der Waals surface area contributed by atoms with E-state index in [2.05, 4.69) is 38.1 Å². The van der Waals surface area contributed by atoms with Crippen molar-refractivity contribution in [3.05, 3.63) is 35.4 Å². The number of alkyl halides is 1. The molecule has 0 radical (unpaired) electrons. The minimum Gasteiger partial charge on any atom is -0.118 e. The second-order valence-electron chi connectivity index (χ2n) is 5.16. The summed E-state index contributed by atoms with van der Waals surface area (Å²) >= 11 is 6.44. The van der Waals surface area contributed by atoms with Crippen LogP contribution in [0.5, 0.6) is 0 Å². The van der Waals surface area contributed by atoms with Crippen LogP contribution >= 0.6 is 11.6 Å². The van der Waals surface area contributed by atoms with Crippen LogP contribution in [0.4, 0.5) is 0 Å². The summed E-state index contributed by atoms with van der Waals surface area (Å²) in [5.74, 6) is 0. The van der Waals surface area contributed by atoms with E-state index in [1.165, 1.54) is 56.1 Å². The van der Waals surface area contributed by atoms with E-state index >= 15 is 0 Å². The standard InChI is InChI=1S/C17H27Cl/c1-3-5-7-8-10-17(18)16-13-11-15(12-14-16)9-6-4-2/h11-14,17H,3-10H2,1-2H3. The van der Waals surface area contributed by atoms with E-state index in [0.717, 1.165) is 6.42 Å². The lowest BCUT2D eigenvalue weighted by Crippen LogP contribution is -1.92. The van der Waals surface area contributed by atoms with Gasteiger partial charge in [-0.05, 0) is 30.4 Å². The van der Waals surface area contributed by atoms with E-state index < -0.39 is 0 Å². The Balaban J connectivity index is 2.36. The number of aryl methyl sites for hydroxylation is 1. The normalized spacial score (nSPS) is 12.6. The third-order valence-corrected chi connectivity index (χ3v) is 3.94. The molecule has 0 saturated carbocycles. The summed E-state index contributed by atoms with van der Waals surface area (Å²) in [5, 5.41) is 0.196. The van der Waals surface area contributed by atoms with Gasteiger partial charge in [0.05, 0.1) is 5.38 Å². The maximum Gasteiger partial charge on any atom is 0.0585 e. The molecule has 0 N–H and O–H groups in total. The maximum absolute atomic E-state index is 6.44. The summed E-state index contributed by atoms with van der Waals surface area (Å²) in [6.45, 7) is 4.48. The molecule has 0 aliphatic carbocycles. The Morgan fingerprint density at radius 2 is 1.56 bits per heavy atom. The van der Waals surface area contributed by atoms with Crippen molar-refractivity contribution < 1.29 is 0 Å². The topological polar surface area (TPSA) is 0 Å². The number of unbranched alkanes of at least 4 members (excludes halogenated alkanes) is 4. The molecule has 1 aromatic rings. The Hall–Kier alpha value is -0.490. The van der Waals surface area contributed by atoms with Gasteiger partial charge in [-0.25, -0.2) is 0 Å². The van der Waals surface area contributed by atoms with Crippen molar-refractivity contribution in [2.24, 2.45) is 0 Å². The largest absolute Gasteiger partial charge is 0.118 e. The van der Waals surface area contributed by atoms with Crippen molar-refractivity contribution in [2.75, 3.05) is 0 Å². The maximum atomic E-state index is 6.44. The first-order valence-electron chi connectivity index (χ1n) is 7.50. The molecule has 0 nitrogen and oxygen atoms in total. The van der Waals surface area contributed by atoms with Gasteiger partial charge >= 0.3 is 0 Å². The van der Waals surface area contributed by atoms with Crippen molar-refractivity contribution in [1.29, 1.82) is 0 Å². The summed E-state index contributed by atoms with van der Waals surface area (Å²) in [6.07, 6.45) is 10.0. The summed E-state index contributed by atoms with van der Waals surface area (Å²) in [5.41, 5.74) is 2.73. The third kappa shape index (κ3) is 5.91. The number of hydrogen-bond acceptors (Lipinski definition) is 0. The van der Waals surface area contributed by atoms with Crippen LogP contribution in [0.2, 0.25) is 0 Å². The highest BCUT2D eigenvalue weighted by molar-refractivity contribution is 6.20. The van der Waals surface area contributed by atoms with Gasteiger partial charge in [0.25, 0.3) is 0 Å². The Morgan fingerprint density at radius 3 is 2.17 bits per heavy atom. The van der Waals surface area contributed by atoms with Crippen molar-refractivity contribution in [1.82, 2.24) is 0 Å². The molecule has 0 spiro atoms. The molecular weight excluding hydrogens is 240 g/mol. The van der Waals surface area contributed by atoms with Gasteiger partial charge in [0, 0.05) is 0 Å². The van der Waals surface area contributed by atoms with E-state index in [1.54, 1.807) is 0 Å². The van der Waals surface area contributed by atoms with Gasteiger partial charge in [0.2, 0.25) is 0 Å². The monoisotopic (exact) mass is 266 g/mol. The second kappa shape index (κ2) is 9.44. The summed E-state index contributed by atoms with van der Waals surface area (Å²) in [7, 11) is 0. The zero-order chi connectivity index (χ0) is 13.2. The molecule has 0 saturated heterocycles. The second-order valence-corrected chi connectivity index (χ2v) is 5.69. The summed E-state index contributed by atoms with van der Waals surface area (Å²) < 4.78 is 0. The van der Waals surface area contributed by atoms with Crippen LogP contribution in [-0.4, -0.2) is 0 Å². The number of rotatable bonds is 9. The predicted octanol–water partition coefficient (Wildman–Crippen LogP) is 6.28. The minimum absolute atomic E-state index is 0.196. The fourth-order valence-corrected chi connectivity index (χ4v) is 2.49. The van der Waals surface area contributed by atoms with Crippen molar-refractivity contribution in [2.45, 2.75) is 70.6 Å². The first kappa shape index (κ1) is 15.6. The van der Waals surface area contributed by atoms with E-state index in [-0.39, 0.29) is 5.38 Å². The molecule has 0 bridgehead atoms. The Labute approximate surface area is 118 Å². The molecule has 0 amide bonds. The van der Waals surface area contributed by atoms with E-state index in [0.29, 0.717) is 0 Å². The highest BCUT2D eigenvalue weighted by Crippen LogP contribution is 2.27. The fraction of sp³-hybridized carbons (Fsp3) is 0.647. The molecular formula is C17H27Cl. The number of hydrogen-bond donors (Lipinski definition) is 0. The van der Waals surface area contributed by atoms with Crippen LogP contribution in [0.25, 0.3) is 0 Å². The van der Waals surface area contributed by atoms with E-state index in [4.69, 9.17) is 11.6 Å². The third-order valence-electron chi connectivity index (χ3n) is 3.47. The van der Waals surface area contributed by atoms with Gasteiger partial charge in [-0.2, -0.15) is 0 Å². The molecule has 1 heteroatoms. The highest BCUT2D eigenvalue weighted by Gasteiger charge is 2.07. The molecule has 18 heavy (non-hydrogen) atoms. The van der Waals surface area contributed by atoms with Gasteiger partial charge in [0.15, 0.2) is 0 Å². The lowest BCUT2D eigenvalue weighted by molar-refractivity contribution is 0.624. The zero-order valence-electron chi connectivity index (χ0n) is 11.9. The zero-order valence-corrected chi connectivity index (χ0v) is 12.7. The van der Waals surface area contributed by atoms with E-state index in [1.807, 2.05) is 0 Å².